The summed E-state index contributed by atoms with van der Waals surface area (Å²) in [5, 5.41) is 11.3. The summed E-state index contributed by atoms with van der Waals surface area (Å²) in [7, 11) is 0. The second kappa shape index (κ2) is 5.65. The molecular weight excluding hydrogens is 337 g/mol. The molecule has 1 N–H and O–H groups in total. The average molecular weight is 344 g/mol. The molecule has 0 fully saturated rings. The largest absolute Gasteiger partial charge is 0.481 e. The van der Waals surface area contributed by atoms with Gasteiger partial charge in [-0.2, -0.15) is 0 Å². The van der Waals surface area contributed by atoms with E-state index in [1.165, 1.54) is 11.3 Å². The fraction of sp³-hybridized carbons (Fsp3) is 0.154. The summed E-state index contributed by atoms with van der Waals surface area (Å²) in [5.74, 6) is -4.30. The van der Waals surface area contributed by atoms with E-state index in [2.05, 4.69) is 9.97 Å². The summed E-state index contributed by atoms with van der Waals surface area (Å²) in [6.45, 7) is 0. The van der Waals surface area contributed by atoms with E-state index in [1.807, 2.05) is 0 Å². The van der Waals surface area contributed by atoms with E-state index in [0.717, 1.165) is 11.3 Å². The van der Waals surface area contributed by atoms with Crippen molar-refractivity contribution in [1.29, 1.82) is 0 Å². The fourth-order valence-electron chi connectivity index (χ4n) is 1.90. The van der Waals surface area contributed by atoms with Gasteiger partial charge in [-0.1, -0.05) is 0 Å². The first-order valence-electron chi connectivity index (χ1n) is 6.02. The van der Waals surface area contributed by atoms with Crippen LogP contribution in [0.1, 0.15) is 15.7 Å². The van der Waals surface area contributed by atoms with Crippen LogP contribution in [0, 0.1) is 17.5 Å². The van der Waals surface area contributed by atoms with Crippen molar-refractivity contribution in [2.75, 3.05) is 0 Å². The summed E-state index contributed by atoms with van der Waals surface area (Å²) < 4.78 is 40.3. The van der Waals surface area contributed by atoms with Crippen LogP contribution in [0.4, 0.5) is 13.2 Å². The number of halogens is 3. The zero-order valence-corrected chi connectivity index (χ0v) is 12.4. The summed E-state index contributed by atoms with van der Waals surface area (Å²) in [6.07, 6.45) is 0.0228. The standard InChI is InChI=1S/C13H7F3N2O2S2/c14-6-2-7(15)13-12(11(6)16)18-9(22-13)3-8-17-5(4-21-8)1-10(19)20/h2,4H,1,3H2,(H,19,20). The molecule has 3 rings (SSSR count). The molecular formula is C13H7F3N2O2S2. The minimum Gasteiger partial charge on any atom is -0.481 e. The Morgan fingerprint density at radius 2 is 1.95 bits per heavy atom. The van der Waals surface area contributed by atoms with E-state index < -0.39 is 23.4 Å². The molecule has 2 heterocycles. The molecule has 114 valence electrons. The van der Waals surface area contributed by atoms with E-state index in [9.17, 15) is 18.0 Å². The van der Waals surface area contributed by atoms with Crippen LogP contribution in [-0.4, -0.2) is 21.0 Å². The van der Waals surface area contributed by atoms with Gasteiger partial charge < -0.3 is 5.11 Å². The molecule has 1 aromatic carbocycles. The van der Waals surface area contributed by atoms with Gasteiger partial charge in [0.2, 0.25) is 0 Å². The van der Waals surface area contributed by atoms with Crippen molar-refractivity contribution >= 4 is 38.9 Å². The second-order valence-corrected chi connectivity index (χ2v) is 6.45. The monoisotopic (exact) mass is 344 g/mol. The Kier molecular flexibility index (Phi) is 3.83. The third kappa shape index (κ3) is 2.81. The quantitative estimate of drug-likeness (QED) is 0.737. The minimum atomic E-state index is -1.28. The highest BCUT2D eigenvalue weighted by atomic mass is 32.1. The van der Waals surface area contributed by atoms with Gasteiger partial charge in [0, 0.05) is 11.4 Å². The molecule has 4 nitrogen and oxygen atoms in total. The first-order valence-corrected chi connectivity index (χ1v) is 7.71. The Balaban J connectivity index is 1.91. The lowest BCUT2D eigenvalue weighted by atomic mass is 10.3. The van der Waals surface area contributed by atoms with Gasteiger partial charge in [0.05, 0.1) is 28.2 Å². The second-order valence-electron chi connectivity index (χ2n) is 4.42. The first-order chi connectivity index (χ1) is 10.4. The van der Waals surface area contributed by atoms with E-state index in [1.54, 1.807) is 5.38 Å². The zero-order chi connectivity index (χ0) is 15.9. The van der Waals surface area contributed by atoms with Crippen molar-refractivity contribution in [3.8, 4) is 0 Å². The maximum Gasteiger partial charge on any atom is 0.309 e. The molecule has 0 radical (unpaired) electrons. The van der Waals surface area contributed by atoms with Crippen LogP contribution >= 0.6 is 22.7 Å². The van der Waals surface area contributed by atoms with Gasteiger partial charge in [-0.05, 0) is 0 Å². The molecule has 0 aliphatic heterocycles. The molecule has 0 aliphatic carbocycles. The Morgan fingerprint density at radius 1 is 1.18 bits per heavy atom. The fourth-order valence-corrected chi connectivity index (χ4v) is 3.76. The minimum absolute atomic E-state index is 0.0452. The van der Waals surface area contributed by atoms with Crippen LogP contribution in [0.25, 0.3) is 10.2 Å². The average Bonchev–Trinajstić information content (AvgIpc) is 3.03. The number of benzene rings is 1. The molecule has 0 saturated heterocycles. The normalized spacial score (nSPS) is 11.2. The third-order valence-corrected chi connectivity index (χ3v) is 4.75. The Labute approximate surface area is 129 Å². The number of aromatic nitrogens is 2. The number of carboxylic acid groups (broad SMARTS) is 1. The number of thiazole rings is 2. The van der Waals surface area contributed by atoms with Crippen LogP contribution in [0.2, 0.25) is 0 Å². The van der Waals surface area contributed by atoms with Crippen molar-refractivity contribution in [1.82, 2.24) is 9.97 Å². The van der Waals surface area contributed by atoms with Crippen molar-refractivity contribution in [2.24, 2.45) is 0 Å². The number of hydrogen-bond donors (Lipinski definition) is 1. The van der Waals surface area contributed by atoms with Crippen molar-refractivity contribution < 1.29 is 23.1 Å². The van der Waals surface area contributed by atoms with Gasteiger partial charge in [0.1, 0.15) is 16.3 Å². The summed E-state index contributed by atoms with van der Waals surface area (Å²) >= 11 is 2.16. The lowest BCUT2D eigenvalue weighted by Gasteiger charge is -1.94. The summed E-state index contributed by atoms with van der Waals surface area (Å²) in [5.41, 5.74) is 0.0804. The van der Waals surface area contributed by atoms with E-state index in [4.69, 9.17) is 5.11 Å². The number of carboxylic acids is 1. The van der Waals surface area contributed by atoms with Crippen LogP contribution < -0.4 is 0 Å². The number of rotatable bonds is 4. The van der Waals surface area contributed by atoms with E-state index >= 15 is 0 Å². The molecule has 2 aromatic heterocycles. The van der Waals surface area contributed by atoms with Crippen molar-refractivity contribution in [3.63, 3.8) is 0 Å². The molecule has 9 heteroatoms. The maximum absolute atomic E-state index is 13.6. The SMILES string of the molecule is O=C(O)Cc1csc(Cc2nc3c(F)c(F)cc(F)c3s2)n1. The lowest BCUT2D eigenvalue weighted by molar-refractivity contribution is -0.136. The van der Waals surface area contributed by atoms with E-state index in [0.29, 0.717) is 21.8 Å². The molecule has 0 spiro atoms. The lowest BCUT2D eigenvalue weighted by Crippen LogP contribution is -2.00. The third-order valence-electron chi connectivity index (χ3n) is 2.79. The maximum atomic E-state index is 13.6. The van der Waals surface area contributed by atoms with Crippen molar-refractivity contribution in [3.05, 3.63) is 44.6 Å². The molecule has 0 amide bonds. The van der Waals surface area contributed by atoms with Gasteiger partial charge in [0.15, 0.2) is 11.6 Å². The highest BCUT2D eigenvalue weighted by Crippen LogP contribution is 2.30. The van der Waals surface area contributed by atoms with Gasteiger partial charge in [-0.15, -0.1) is 22.7 Å². The number of aliphatic carboxylic acids is 1. The topological polar surface area (TPSA) is 63.1 Å². The number of carbonyl (C=O) groups is 1. The van der Waals surface area contributed by atoms with E-state index in [-0.39, 0.29) is 23.1 Å². The molecule has 0 bridgehead atoms. The highest BCUT2D eigenvalue weighted by Gasteiger charge is 2.18. The van der Waals surface area contributed by atoms with Gasteiger partial charge in [0.25, 0.3) is 0 Å². The molecule has 0 saturated carbocycles. The molecule has 22 heavy (non-hydrogen) atoms. The Bertz CT molecular complexity index is 876. The molecule has 3 aromatic rings. The van der Waals surface area contributed by atoms with Gasteiger partial charge >= 0.3 is 5.97 Å². The predicted molar refractivity (Wildman–Crippen MR) is 75.8 cm³/mol. The highest BCUT2D eigenvalue weighted by molar-refractivity contribution is 7.18. The molecule has 0 atom stereocenters. The van der Waals surface area contributed by atoms with Crippen LogP contribution in [0.5, 0.6) is 0 Å². The Morgan fingerprint density at radius 3 is 2.68 bits per heavy atom. The van der Waals surface area contributed by atoms with Crippen LogP contribution in [-0.2, 0) is 17.6 Å². The number of fused-ring (bicyclic) bond motifs is 1. The van der Waals surface area contributed by atoms with Crippen molar-refractivity contribution in [2.45, 2.75) is 12.8 Å². The predicted octanol–water partition coefficient (Wildman–Crippen LogP) is 3.39. The van der Waals surface area contributed by atoms with Crippen LogP contribution in [0.15, 0.2) is 11.4 Å². The Hall–Kier alpha value is -2.00. The molecule has 0 aliphatic rings. The van der Waals surface area contributed by atoms with Gasteiger partial charge in [-0.25, -0.2) is 23.1 Å². The number of hydrogen-bond acceptors (Lipinski definition) is 5. The summed E-state index contributed by atoms with van der Waals surface area (Å²) in [6, 6.07) is 0.494. The molecule has 0 unspecified atom stereocenters. The smallest absolute Gasteiger partial charge is 0.309 e. The number of nitrogens with zero attached hydrogens (tertiary/aromatic N) is 2. The summed E-state index contributed by atoms with van der Waals surface area (Å²) in [4.78, 5) is 18.6. The first kappa shape index (κ1) is 14.9. The zero-order valence-electron chi connectivity index (χ0n) is 10.8. The van der Waals surface area contributed by atoms with Gasteiger partial charge in [-0.3, -0.25) is 4.79 Å². The van der Waals surface area contributed by atoms with Crippen LogP contribution in [0.3, 0.4) is 0 Å².